The summed E-state index contributed by atoms with van der Waals surface area (Å²) in [5.74, 6) is 1.37. The highest BCUT2D eigenvalue weighted by Crippen LogP contribution is 2.29. The van der Waals surface area contributed by atoms with Crippen molar-refractivity contribution in [1.82, 2.24) is 20.5 Å². The van der Waals surface area contributed by atoms with Gasteiger partial charge in [0.05, 0.1) is 24.8 Å². The summed E-state index contributed by atoms with van der Waals surface area (Å²) >= 11 is 0. The van der Waals surface area contributed by atoms with Crippen LogP contribution in [0.3, 0.4) is 0 Å². The first kappa shape index (κ1) is 23.2. The van der Waals surface area contributed by atoms with E-state index in [0.717, 1.165) is 38.5 Å². The maximum absolute atomic E-state index is 12.5. The van der Waals surface area contributed by atoms with Gasteiger partial charge in [-0.2, -0.15) is 13.2 Å². The Bertz CT molecular complexity index is 638. The molecule has 29 heavy (non-hydrogen) atoms. The molecule has 0 amide bonds. The van der Waals surface area contributed by atoms with E-state index in [1.54, 1.807) is 7.05 Å². The van der Waals surface area contributed by atoms with Gasteiger partial charge in [-0.05, 0) is 12.0 Å². The Kier molecular flexibility index (Phi) is 8.97. The summed E-state index contributed by atoms with van der Waals surface area (Å²) in [5.41, 5.74) is -0.801. The number of morpholine rings is 1. The van der Waals surface area contributed by atoms with Gasteiger partial charge in [0.1, 0.15) is 6.61 Å². The van der Waals surface area contributed by atoms with Crippen LogP contribution in [0.5, 0.6) is 5.88 Å². The number of halogens is 3. The highest BCUT2D eigenvalue weighted by molar-refractivity contribution is 5.79. The molecule has 7 nitrogen and oxygen atoms in total. The summed E-state index contributed by atoms with van der Waals surface area (Å²) in [6.45, 7) is 9.32. The van der Waals surface area contributed by atoms with E-state index in [1.807, 2.05) is 0 Å². The number of ether oxygens (including phenoxy) is 2. The topological polar surface area (TPSA) is 71.0 Å². The van der Waals surface area contributed by atoms with E-state index in [4.69, 9.17) is 9.47 Å². The third kappa shape index (κ3) is 8.45. The molecule has 1 aliphatic heterocycles. The average molecular weight is 417 g/mol. The molecule has 2 N–H and O–H groups in total. The summed E-state index contributed by atoms with van der Waals surface area (Å²) in [4.78, 5) is 10.2. The van der Waals surface area contributed by atoms with Crippen LogP contribution < -0.4 is 15.4 Å². The largest absolute Gasteiger partial charge is 0.476 e. The summed E-state index contributed by atoms with van der Waals surface area (Å²) in [6, 6.07) is 2.15. The minimum atomic E-state index is -4.40. The molecule has 2 rings (SSSR count). The Morgan fingerprint density at radius 1 is 1.38 bits per heavy atom. The molecule has 1 fully saturated rings. The predicted octanol–water partition coefficient (Wildman–Crippen LogP) is 2.00. The average Bonchev–Trinajstić information content (AvgIpc) is 2.67. The Labute approximate surface area is 169 Å². The molecule has 0 bridgehead atoms. The number of nitrogens with zero attached hydrogens (tertiary/aromatic N) is 3. The molecule has 1 aliphatic rings. The normalized spacial score (nSPS) is 18.7. The van der Waals surface area contributed by atoms with Gasteiger partial charge in [0, 0.05) is 45.5 Å². The second kappa shape index (κ2) is 11.2. The Balaban J connectivity index is 1.66. The quantitative estimate of drug-likeness (QED) is 0.383. The van der Waals surface area contributed by atoms with Crippen molar-refractivity contribution in [2.75, 3.05) is 53.0 Å². The number of pyridine rings is 1. The van der Waals surface area contributed by atoms with Gasteiger partial charge in [-0.1, -0.05) is 13.8 Å². The first-order chi connectivity index (χ1) is 13.8. The lowest BCUT2D eigenvalue weighted by molar-refractivity contribution is -0.137. The van der Waals surface area contributed by atoms with Gasteiger partial charge < -0.3 is 20.1 Å². The molecule has 0 radical (unpaired) electrons. The molecule has 1 aromatic rings. The fourth-order valence-corrected chi connectivity index (χ4v) is 2.98. The van der Waals surface area contributed by atoms with E-state index < -0.39 is 11.7 Å². The van der Waals surface area contributed by atoms with E-state index in [2.05, 4.69) is 39.4 Å². The Morgan fingerprint density at radius 2 is 2.17 bits per heavy atom. The summed E-state index contributed by atoms with van der Waals surface area (Å²) in [5, 5.41) is 6.32. The van der Waals surface area contributed by atoms with Gasteiger partial charge in [-0.3, -0.25) is 9.89 Å². The minimum absolute atomic E-state index is 0.0913. The van der Waals surface area contributed by atoms with E-state index in [9.17, 15) is 13.2 Å². The predicted molar refractivity (Wildman–Crippen MR) is 105 cm³/mol. The Morgan fingerprint density at radius 3 is 2.79 bits per heavy atom. The van der Waals surface area contributed by atoms with Crippen LogP contribution in [0.4, 0.5) is 13.2 Å². The molecule has 1 unspecified atom stereocenters. The smallest absolute Gasteiger partial charge is 0.417 e. The number of rotatable bonds is 8. The number of alkyl halides is 3. The van der Waals surface area contributed by atoms with Crippen LogP contribution >= 0.6 is 0 Å². The molecule has 1 saturated heterocycles. The number of aliphatic imine (C=N–C) groups is 1. The zero-order valence-corrected chi connectivity index (χ0v) is 17.1. The van der Waals surface area contributed by atoms with Crippen molar-refractivity contribution in [1.29, 1.82) is 0 Å². The highest BCUT2D eigenvalue weighted by atomic mass is 19.4. The molecular weight excluding hydrogens is 387 g/mol. The number of hydrogen-bond acceptors (Lipinski definition) is 5. The summed E-state index contributed by atoms with van der Waals surface area (Å²) in [7, 11) is 1.67. The molecule has 1 aromatic heterocycles. The lowest BCUT2D eigenvalue weighted by Gasteiger charge is -2.34. The number of nitrogens with one attached hydrogen (secondary N) is 2. The number of hydrogen-bond donors (Lipinski definition) is 2. The van der Waals surface area contributed by atoms with Crippen LogP contribution in [-0.4, -0.2) is 74.9 Å². The van der Waals surface area contributed by atoms with Crippen molar-refractivity contribution >= 4 is 5.96 Å². The van der Waals surface area contributed by atoms with E-state index in [0.29, 0.717) is 25.0 Å². The molecule has 0 spiro atoms. The van der Waals surface area contributed by atoms with Gasteiger partial charge >= 0.3 is 6.18 Å². The third-order valence-corrected chi connectivity index (χ3v) is 4.28. The fraction of sp³-hybridized carbons (Fsp3) is 0.684. The molecule has 10 heteroatoms. The maximum Gasteiger partial charge on any atom is 0.417 e. The van der Waals surface area contributed by atoms with E-state index in [1.165, 1.54) is 6.07 Å². The molecule has 0 aromatic carbocycles. The number of guanidine groups is 1. The SMILES string of the molecule is CN=C(NCCOc1ccc(C(F)(F)F)cn1)NCC1CN(CC(C)C)CCO1. The van der Waals surface area contributed by atoms with E-state index >= 15 is 0 Å². The second-order valence-corrected chi connectivity index (χ2v) is 7.26. The van der Waals surface area contributed by atoms with Crippen LogP contribution in [0.25, 0.3) is 0 Å². The van der Waals surface area contributed by atoms with Gasteiger partial charge in [0.15, 0.2) is 5.96 Å². The second-order valence-electron chi connectivity index (χ2n) is 7.26. The maximum atomic E-state index is 12.5. The molecule has 0 aliphatic carbocycles. The fourth-order valence-electron chi connectivity index (χ4n) is 2.98. The van der Waals surface area contributed by atoms with Crippen molar-refractivity contribution in [3.05, 3.63) is 23.9 Å². The van der Waals surface area contributed by atoms with Crippen LogP contribution in [0, 0.1) is 5.92 Å². The van der Waals surface area contributed by atoms with Crippen molar-refractivity contribution < 1.29 is 22.6 Å². The standard InChI is InChI=1S/C19H30F3N5O2/c1-14(2)12-27-7-9-28-16(13-27)11-26-18(23-3)24-6-8-29-17-5-4-15(10-25-17)19(20,21)22/h4-5,10,14,16H,6-9,11-13H2,1-3H3,(H2,23,24,26). The van der Waals surface area contributed by atoms with Crippen LogP contribution in [0.1, 0.15) is 19.4 Å². The van der Waals surface area contributed by atoms with Gasteiger partial charge in [0.2, 0.25) is 5.88 Å². The molecule has 0 saturated carbocycles. The minimum Gasteiger partial charge on any atom is -0.476 e. The summed E-state index contributed by atoms with van der Waals surface area (Å²) < 4.78 is 48.7. The van der Waals surface area contributed by atoms with Gasteiger partial charge in [-0.15, -0.1) is 0 Å². The lowest BCUT2D eigenvalue weighted by Crippen LogP contribution is -2.50. The first-order valence-corrected chi connectivity index (χ1v) is 9.72. The van der Waals surface area contributed by atoms with Crippen LogP contribution in [0.2, 0.25) is 0 Å². The van der Waals surface area contributed by atoms with E-state index in [-0.39, 0.29) is 18.6 Å². The monoisotopic (exact) mass is 417 g/mol. The number of aromatic nitrogens is 1. The van der Waals surface area contributed by atoms with Crippen molar-refractivity contribution in [2.24, 2.45) is 10.9 Å². The molecule has 164 valence electrons. The Hall–Kier alpha value is -2.07. The zero-order valence-electron chi connectivity index (χ0n) is 17.1. The van der Waals surface area contributed by atoms with Gasteiger partial charge in [-0.25, -0.2) is 4.98 Å². The van der Waals surface area contributed by atoms with Crippen molar-refractivity contribution in [3.63, 3.8) is 0 Å². The summed E-state index contributed by atoms with van der Waals surface area (Å²) in [6.07, 6.45) is -3.55. The van der Waals surface area contributed by atoms with Crippen LogP contribution in [0.15, 0.2) is 23.3 Å². The van der Waals surface area contributed by atoms with Crippen molar-refractivity contribution in [2.45, 2.75) is 26.1 Å². The van der Waals surface area contributed by atoms with Crippen LogP contribution in [-0.2, 0) is 10.9 Å². The third-order valence-electron chi connectivity index (χ3n) is 4.28. The zero-order chi connectivity index (χ0) is 21.3. The first-order valence-electron chi connectivity index (χ1n) is 9.72. The van der Waals surface area contributed by atoms with Gasteiger partial charge in [0.25, 0.3) is 0 Å². The molecule has 1 atom stereocenters. The highest BCUT2D eigenvalue weighted by Gasteiger charge is 2.30. The lowest BCUT2D eigenvalue weighted by atomic mass is 10.2. The molecule has 2 heterocycles. The van der Waals surface area contributed by atoms with Crippen molar-refractivity contribution in [3.8, 4) is 5.88 Å². The molecular formula is C19H30F3N5O2.